The highest BCUT2D eigenvalue weighted by molar-refractivity contribution is 5.91. The van der Waals surface area contributed by atoms with Gasteiger partial charge in [0.15, 0.2) is 0 Å². The molecule has 0 saturated heterocycles. The number of carboxylic acids is 1. The third kappa shape index (κ3) is 5.59. The van der Waals surface area contributed by atoms with Gasteiger partial charge in [0.1, 0.15) is 5.56 Å². The number of carbonyl (C=O) groups is 1. The fourth-order valence-corrected chi connectivity index (χ4v) is 1.79. The van der Waals surface area contributed by atoms with E-state index < -0.39 is 5.97 Å². The van der Waals surface area contributed by atoms with Crippen LogP contribution in [0.25, 0.3) is 0 Å². The first-order valence-corrected chi connectivity index (χ1v) is 6.76. The average Bonchev–Trinajstić information content (AvgIpc) is 2.39. The van der Waals surface area contributed by atoms with E-state index >= 15 is 0 Å². The maximum Gasteiger partial charge on any atom is 0.341 e. The standard InChI is InChI=1S/C14H22N2O3/c1-2-3-4-5-6-7-8-19-13-12(14(17)18)9-11(15)10-16-13/h9-10H,2-8,15H2,1H3,(H,17,18). The molecule has 5 heteroatoms. The maximum absolute atomic E-state index is 11.0. The molecular formula is C14H22N2O3. The van der Waals surface area contributed by atoms with Crippen molar-refractivity contribution >= 4 is 11.7 Å². The zero-order valence-electron chi connectivity index (χ0n) is 11.4. The summed E-state index contributed by atoms with van der Waals surface area (Å²) in [4.78, 5) is 14.9. The Balaban J connectivity index is 2.35. The van der Waals surface area contributed by atoms with Crippen LogP contribution in [0.15, 0.2) is 12.3 Å². The fourth-order valence-electron chi connectivity index (χ4n) is 1.79. The summed E-state index contributed by atoms with van der Waals surface area (Å²) < 4.78 is 5.41. The van der Waals surface area contributed by atoms with Crippen molar-refractivity contribution in [1.82, 2.24) is 4.98 Å². The summed E-state index contributed by atoms with van der Waals surface area (Å²) in [6.07, 6.45) is 8.35. The van der Waals surface area contributed by atoms with E-state index in [1.165, 1.54) is 37.9 Å². The molecule has 1 aromatic heterocycles. The van der Waals surface area contributed by atoms with E-state index in [4.69, 9.17) is 15.6 Å². The third-order valence-electron chi connectivity index (χ3n) is 2.84. The van der Waals surface area contributed by atoms with Gasteiger partial charge in [0, 0.05) is 0 Å². The van der Waals surface area contributed by atoms with Crippen LogP contribution in [0, 0.1) is 0 Å². The summed E-state index contributed by atoms with van der Waals surface area (Å²) in [5.41, 5.74) is 5.85. The Morgan fingerprint density at radius 1 is 1.32 bits per heavy atom. The SMILES string of the molecule is CCCCCCCCOc1ncc(N)cc1C(=O)O. The van der Waals surface area contributed by atoms with Gasteiger partial charge in [0.2, 0.25) is 5.88 Å². The first kappa shape index (κ1) is 15.3. The normalized spacial score (nSPS) is 10.4. The Morgan fingerprint density at radius 2 is 2.00 bits per heavy atom. The molecule has 0 aromatic carbocycles. The summed E-state index contributed by atoms with van der Waals surface area (Å²) >= 11 is 0. The van der Waals surface area contributed by atoms with Gasteiger partial charge in [-0.1, -0.05) is 39.0 Å². The molecule has 0 aliphatic rings. The van der Waals surface area contributed by atoms with Crippen LogP contribution in [-0.4, -0.2) is 22.7 Å². The number of pyridine rings is 1. The Bertz CT molecular complexity index is 408. The molecule has 3 N–H and O–H groups in total. The van der Waals surface area contributed by atoms with E-state index in [-0.39, 0.29) is 11.4 Å². The second kappa shape index (κ2) is 8.34. The highest BCUT2D eigenvalue weighted by Crippen LogP contribution is 2.18. The smallest absolute Gasteiger partial charge is 0.341 e. The van der Waals surface area contributed by atoms with E-state index in [1.54, 1.807) is 0 Å². The molecule has 0 unspecified atom stereocenters. The first-order chi connectivity index (χ1) is 9.15. The molecule has 19 heavy (non-hydrogen) atoms. The minimum absolute atomic E-state index is 0.0194. The van der Waals surface area contributed by atoms with Gasteiger partial charge in [0.25, 0.3) is 0 Å². The summed E-state index contributed by atoms with van der Waals surface area (Å²) in [6.45, 7) is 2.67. The van der Waals surface area contributed by atoms with Gasteiger partial charge < -0.3 is 15.6 Å². The van der Waals surface area contributed by atoms with Crippen molar-refractivity contribution in [1.29, 1.82) is 0 Å². The van der Waals surface area contributed by atoms with Crippen LogP contribution >= 0.6 is 0 Å². The fraction of sp³-hybridized carbons (Fsp3) is 0.571. The van der Waals surface area contributed by atoms with Crippen molar-refractivity contribution in [2.24, 2.45) is 0 Å². The second-order valence-corrected chi connectivity index (χ2v) is 4.54. The van der Waals surface area contributed by atoms with Crippen LogP contribution in [0.1, 0.15) is 55.8 Å². The van der Waals surface area contributed by atoms with E-state index in [0.717, 1.165) is 12.8 Å². The zero-order valence-corrected chi connectivity index (χ0v) is 11.4. The van der Waals surface area contributed by atoms with Crippen molar-refractivity contribution < 1.29 is 14.6 Å². The van der Waals surface area contributed by atoms with Gasteiger partial charge in [-0.05, 0) is 12.5 Å². The molecule has 0 aliphatic carbocycles. The lowest BCUT2D eigenvalue weighted by molar-refractivity contribution is 0.0691. The molecule has 0 atom stereocenters. The summed E-state index contributed by atoms with van der Waals surface area (Å²) in [6, 6.07) is 1.37. The van der Waals surface area contributed by atoms with E-state index in [9.17, 15) is 4.79 Å². The molecule has 106 valence electrons. The summed E-state index contributed by atoms with van der Waals surface area (Å²) in [5, 5.41) is 9.01. The maximum atomic E-state index is 11.0. The van der Waals surface area contributed by atoms with Gasteiger partial charge in [-0.15, -0.1) is 0 Å². The average molecular weight is 266 g/mol. The van der Waals surface area contributed by atoms with Gasteiger partial charge in [0.05, 0.1) is 18.5 Å². The second-order valence-electron chi connectivity index (χ2n) is 4.54. The lowest BCUT2D eigenvalue weighted by Crippen LogP contribution is -2.07. The Morgan fingerprint density at radius 3 is 2.68 bits per heavy atom. The minimum Gasteiger partial charge on any atom is -0.477 e. The Hall–Kier alpha value is -1.78. The number of nitrogens with zero attached hydrogens (tertiary/aromatic N) is 1. The van der Waals surface area contributed by atoms with Gasteiger partial charge in [-0.2, -0.15) is 0 Å². The number of ether oxygens (including phenoxy) is 1. The number of carboxylic acid groups (broad SMARTS) is 1. The number of nitrogens with two attached hydrogens (primary N) is 1. The van der Waals surface area contributed by atoms with Crippen LogP contribution in [0.4, 0.5) is 5.69 Å². The third-order valence-corrected chi connectivity index (χ3v) is 2.84. The molecule has 0 saturated carbocycles. The van der Waals surface area contributed by atoms with Crippen molar-refractivity contribution in [3.05, 3.63) is 17.8 Å². The molecule has 1 aromatic rings. The largest absolute Gasteiger partial charge is 0.477 e. The van der Waals surface area contributed by atoms with Gasteiger partial charge in [-0.25, -0.2) is 9.78 Å². The van der Waals surface area contributed by atoms with Gasteiger partial charge in [-0.3, -0.25) is 0 Å². The predicted octanol–water partition coefficient (Wildman–Crippen LogP) is 3.10. The Kier molecular flexibility index (Phi) is 6.71. The number of anilines is 1. The van der Waals surface area contributed by atoms with E-state index in [0.29, 0.717) is 12.3 Å². The molecule has 0 spiro atoms. The topological polar surface area (TPSA) is 85.4 Å². The molecule has 1 heterocycles. The number of nitrogen functional groups attached to an aromatic ring is 1. The van der Waals surface area contributed by atoms with Crippen LogP contribution in [0.3, 0.4) is 0 Å². The minimum atomic E-state index is -1.07. The van der Waals surface area contributed by atoms with Crippen molar-refractivity contribution in [3.63, 3.8) is 0 Å². The summed E-state index contributed by atoms with van der Waals surface area (Å²) in [7, 11) is 0. The van der Waals surface area contributed by atoms with E-state index in [1.807, 2.05) is 0 Å². The molecular weight excluding hydrogens is 244 g/mol. The van der Waals surface area contributed by atoms with Crippen molar-refractivity contribution in [2.45, 2.75) is 45.4 Å². The molecule has 0 bridgehead atoms. The number of hydrogen-bond donors (Lipinski definition) is 2. The monoisotopic (exact) mass is 266 g/mol. The lowest BCUT2D eigenvalue weighted by Gasteiger charge is -2.08. The number of hydrogen-bond acceptors (Lipinski definition) is 4. The van der Waals surface area contributed by atoms with E-state index in [2.05, 4.69) is 11.9 Å². The number of rotatable bonds is 9. The number of unbranched alkanes of at least 4 members (excludes halogenated alkanes) is 5. The van der Waals surface area contributed by atoms with Crippen LogP contribution in [-0.2, 0) is 0 Å². The Labute approximate surface area is 113 Å². The predicted molar refractivity (Wildman–Crippen MR) is 74.5 cm³/mol. The highest BCUT2D eigenvalue weighted by atomic mass is 16.5. The lowest BCUT2D eigenvalue weighted by atomic mass is 10.1. The van der Waals surface area contributed by atoms with Crippen LogP contribution in [0.2, 0.25) is 0 Å². The highest BCUT2D eigenvalue weighted by Gasteiger charge is 2.13. The quantitative estimate of drug-likeness (QED) is 0.671. The molecule has 0 amide bonds. The zero-order chi connectivity index (χ0) is 14.1. The molecule has 0 radical (unpaired) electrons. The number of aromatic nitrogens is 1. The first-order valence-electron chi connectivity index (χ1n) is 6.76. The van der Waals surface area contributed by atoms with Crippen molar-refractivity contribution in [3.8, 4) is 5.88 Å². The molecule has 0 fully saturated rings. The number of aromatic carboxylic acids is 1. The summed E-state index contributed by atoms with van der Waals surface area (Å²) in [5.74, 6) is -0.923. The van der Waals surface area contributed by atoms with Crippen molar-refractivity contribution in [2.75, 3.05) is 12.3 Å². The molecule has 5 nitrogen and oxygen atoms in total. The molecule has 1 rings (SSSR count). The molecule has 0 aliphatic heterocycles. The van der Waals surface area contributed by atoms with Gasteiger partial charge >= 0.3 is 5.97 Å². The van der Waals surface area contributed by atoms with Crippen LogP contribution < -0.4 is 10.5 Å². The van der Waals surface area contributed by atoms with Crippen LogP contribution in [0.5, 0.6) is 5.88 Å².